The van der Waals surface area contributed by atoms with Crippen LogP contribution in [0.5, 0.6) is 0 Å². The van der Waals surface area contributed by atoms with Crippen molar-refractivity contribution in [2.24, 2.45) is 0 Å². The first-order chi connectivity index (χ1) is 28.4. The number of hydrogen-bond donors (Lipinski definition) is 3. The minimum atomic E-state index is -4.69. The second-order valence-corrected chi connectivity index (χ2v) is 15.1. The van der Waals surface area contributed by atoms with Crippen molar-refractivity contribution in [1.29, 1.82) is 0 Å². The number of halogens is 3. The van der Waals surface area contributed by atoms with Gasteiger partial charge in [0.2, 0.25) is 17.6 Å². The molecule has 0 aromatic heterocycles. The van der Waals surface area contributed by atoms with Gasteiger partial charge in [0.1, 0.15) is 23.9 Å². The highest BCUT2D eigenvalue weighted by Gasteiger charge is 2.55. The van der Waals surface area contributed by atoms with Crippen LogP contribution in [0.15, 0.2) is 103 Å². The third-order valence-corrected chi connectivity index (χ3v) is 9.19. The number of benzene rings is 3. The molecule has 1 fully saturated rings. The molecule has 2 amide bonds. The molecule has 3 aromatic carbocycles. The van der Waals surface area contributed by atoms with E-state index in [0.717, 1.165) is 6.08 Å². The molecule has 3 aromatic rings. The summed E-state index contributed by atoms with van der Waals surface area (Å²) in [5.41, 5.74) is 1.12. The summed E-state index contributed by atoms with van der Waals surface area (Å²) in [5, 5.41) is 15.1. The highest BCUT2D eigenvalue weighted by Crippen LogP contribution is 2.47. The second-order valence-electron chi connectivity index (χ2n) is 15.1. The van der Waals surface area contributed by atoms with Gasteiger partial charge in [0.25, 0.3) is 0 Å². The van der Waals surface area contributed by atoms with Gasteiger partial charge < -0.3 is 39.4 Å². The predicted molar refractivity (Wildman–Crippen MR) is 210 cm³/mol. The first-order valence-electron chi connectivity index (χ1n) is 19.2. The normalized spacial score (nSPS) is 19.1. The van der Waals surface area contributed by atoms with Gasteiger partial charge in [-0.25, -0.2) is 9.59 Å². The number of alkyl halides is 3. The number of esters is 3. The van der Waals surface area contributed by atoms with Gasteiger partial charge >= 0.3 is 24.1 Å². The van der Waals surface area contributed by atoms with E-state index in [2.05, 4.69) is 15.4 Å². The van der Waals surface area contributed by atoms with Crippen molar-refractivity contribution in [1.82, 2.24) is 10.6 Å². The zero-order valence-electron chi connectivity index (χ0n) is 33.2. The second kappa shape index (κ2) is 19.9. The Morgan fingerprint density at radius 1 is 0.917 bits per heavy atom. The molecular weight excluding hydrogens is 789 g/mol. The monoisotopic (exact) mass is 836 g/mol. The van der Waals surface area contributed by atoms with Gasteiger partial charge in [-0.15, -0.1) is 0 Å². The number of amides is 2. The van der Waals surface area contributed by atoms with Crippen molar-refractivity contribution >= 4 is 35.8 Å². The van der Waals surface area contributed by atoms with E-state index < -0.39 is 84.9 Å². The Kier molecular flexibility index (Phi) is 15.0. The summed E-state index contributed by atoms with van der Waals surface area (Å²) in [6.45, 7) is 2.95. The van der Waals surface area contributed by atoms with Crippen LogP contribution in [0.3, 0.4) is 0 Å². The minimum Gasteiger partial charge on any atom is -0.460 e. The molecule has 320 valence electrons. The molecule has 1 heterocycles. The van der Waals surface area contributed by atoms with E-state index in [1.54, 1.807) is 26.8 Å². The molecule has 0 spiro atoms. The van der Waals surface area contributed by atoms with Crippen molar-refractivity contribution in [2.75, 3.05) is 19.8 Å². The fraction of sp³-hybridized carbons (Fsp3) is 0.386. The summed E-state index contributed by atoms with van der Waals surface area (Å²) in [6, 6.07) is 23.3. The summed E-state index contributed by atoms with van der Waals surface area (Å²) in [6.07, 6.45) is -4.15. The van der Waals surface area contributed by atoms with Crippen LogP contribution in [-0.4, -0.2) is 90.7 Å². The van der Waals surface area contributed by atoms with Crippen molar-refractivity contribution in [2.45, 2.75) is 88.4 Å². The molecular formula is C44H47F3N2O11. The third kappa shape index (κ3) is 12.8. The van der Waals surface area contributed by atoms with Crippen LogP contribution in [0.4, 0.5) is 13.2 Å². The molecule has 60 heavy (non-hydrogen) atoms. The SMILES string of the molecule is CC(C)(C)OC(=O)CC[C@@H](CO)NC(=O)CCNC(=O)C1=C[C@H]2OC(c3ccccc3)(c3ccccc3)O[C@H]2[C@H](OC(=O)c2cccc(C=CC(=O)OCC(F)(F)F)c2)C1. The van der Waals surface area contributed by atoms with Crippen LogP contribution in [0.2, 0.25) is 0 Å². The van der Waals surface area contributed by atoms with E-state index >= 15 is 0 Å². The quantitative estimate of drug-likeness (QED) is 0.0951. The molecule has 16 heteroatoms. The highest BCUT2D eigenvalue weighted by molar-refractivity contribution is 5.95. The number of ether oxygens (including phenoxy) is 5. The summed E-state index contributed by atoms with van der Waals surface area (Å²) in [4.78, 5) is 64.1. The molecule has 1 aliphatic heterocycles. The number of hydrogen-bond acceptors (Lipinski definition) is 11. The molecule has 0 bridgehead atoms. The molecule has 1 saturated heterocycles. The van der Waals surface area contributed by atoms with Crippen LogP contribution in [0.25, 0.3) is 6.08 Å². The van der Waals surface area contributed by atoms with E-state index in [-0.39, 0.29) is 43.4 Å². The van der Waals surface area contributed by atoms with E-state index in [1.165, 1.54) is 30.3 Å². The number of aliphatic hydroxyl groups is 1. The zero-order chi connectivity index (χ0) is 43.5. The number of fused-ring (bicyclic) bond motifs is 1. The van der Waals surface area contributed by atoms with Gasteiger partial charge in [-0.1, -0.05) is 72.8 Å². The molecule has 0 unspecified atom stereocenters. The highest BCUT2D eigenvalue weighted by atomic mass is 19.4. The fourth-order valence-corrected chi connectivity index (χ4v) is 6.53. The van der Waals surface area contributed by atoms with E-state index in [1.807, 2.05) is 60.7 Å². The van der Waals surface area contributed by atoms with Crippen LogP contribution in [-0.2, 0) is 48.6 Å². The largest absolute Gasteiger partial charge is 0.460 e. The van der Waals surface area contributed by atoms with Crippen molar-refractivity contribution in [3.63, 3.8) is 0 Å². The average Bonchev–Trinajstić information content (AvgIpc) is 3.62. The van der Waals surface area contributed by atoms with E-state index in [0.29, 0.717) is 16.7 Å². The van der Waals surface area contributed by atoms with E-state index in [4.69, 9.17) is 18.9 Å². The van der Waals surface area contributed by atoms with Gasteiger partial charge in [0.15, 0.2) is 6.61 Å². The first-order valence-corrected chi connectivity index (χ1v) is 19.2. The standard InChI is InChI=1S/C44H47F3N2O11/c1-42(2,3)59-38(53)20-18-33(26-50)49-36(51)21-22-48-40(54)30-24-34(57-41(55)29-12-10-11-28(23-29)17-19-37(52)56-27-43(45,46)47)39-35(25-30)58-44(60-39,31-13-6-4-7-14-31)32-15-8-5-9-16-32/h4-17,19,23,25,33-35,39,50H,18,20-22,24,26-27H2,1-3H3,(H,48,54)(H,49,51)/t33-,34+,35+,39-/m0/s1. The Morgan fingerprint density at radius 2 is 1.58 bits per heavy atom. The Labute approximate surface area is 344 Å². The van der Waals surface area contributed by atoms with Crippen molar-refractivity contribution < 1.29 is 65.9 Å². The minimum absolute atomic E-state index is 0.0174. The topological polar surface area (TPSA) is 176 Å². The number of carbonyl (C=O) groups is 5. The fourth-order valence-electron chi connectivity index (χ4n) is 6.53. The maximum absolute atomic E-state index is 13.7. The molecule has 13 nitrogen and oxygen atoms in total. The van der Waals surface area contributed by atoms with E-state index in [9.17, 15) is 42.3 Å². The van der Waals surface area contributed by atoms with Gasteiger partial charge in [0.05, 0.1) is 18.2 Å². The predicted octanol–water partition coefficient (Wildman–Crippen LogP) is 5.45. The smallest absolute Gasteiger partial charge is 0.422 e. The van der Waals surface area contributed by atoms with Gasteiger partial charge in [-0.2, -0.15) is 13.2 Å². The summed E-state index contributed by atoms with van der Waals surface area (Å²) in [5.74, 6) is -5.02. The number of rotatable bonds is 16. The molecule has 1 aliphatic carbocycles. The van der Waals surface area contributed by atoms with Crippen LogP contribution in [0.1, 0.15) is 73.5 Å². The van der Waals surface area contributed by atoms with Gasteiger partial charge in [-0.3, -0.25) is 14.4 Å². The lowest BCUT2D eigenvalue weighted by molar-refractivity contribution is -0.182. The number of aliphatic hydroxyl groups excluding tert-OH is 1. The Morgan fingerprint density at radius 3 is 2.20 bits per heavy atom. The van der Waals surface area contributed by atoms with Gasteiger partial charge in [-0.05, 0) is 57.0 Å². The lowest BCUT2D eigenvalue weighted by Gasteiger charge is -2.31. The molecule has 0 radical (unpaired) electrons. The molecule has 0 saturated carbocycles. The number of nitrogens with one attached hydrogen (secondary N) is 2. The van der Waals surface area contributed by atoms with Crippen molar-refractivity contribution in [3.8, 4) is 0 Å². The van der Waals surface area contributed by atoms with Gasteiger partial charge in [0, 0.05) is 48.6 Å². The lowest BCUT2D eigenvalue weighted by atomic mass is 9.91. The molecule has 3 N–H and O–H groups in total. The number of carbonyl (C=O) groups excluding carboxylic acids is 5. The average molecular weight is 837 g/mol. The Bertz CT molecular complexity index is 2010. The maximum Gasteiger partial charge on any atom is 0.422 e. The summed E-state index contributed by atoms with van der Waals surface area (Å²) >= 11 is 0. The first kappa shape index (κ1) is 45.2. The molecule has 2 aliphatic rings. The third-order valence-electron chi connectivity index (χ3n) is 9.19. The maximum atomic E-state index is 13.7. The molecule has 4 atom stereocenters. The van der Waals surface area contributed by atoms with Crippen molar-refractivity contribution in [3.05, 3.63) is 125 Å². The Hall–Kier alpha value is -5.84. The molecule has 5 rings (SSSR count). The summed E-state index contributed by atoms with van der Waals surface area (Å²) < 4.78 is 66.3. The Balaban J connectivity index is 1.31. The van der Waals surface area contributed by atoms with Crippen LogP contribution >= 0.6 is 0 Å². The van der Waals surface area contributed by atoms with Crippen LogP contribution in [0, 0.1) is 0 Å². The zero-order valence-corrected chi connectivity index (χ0v) is 33.2. The lowest BCUT2D eigenvalue weighted by Crippen LogP contribution is -2.44. The van der Waals surface area contributed by atoms with Crippen LogP contribution < -0.4 is 10.6 Å². The summed E-state index contributed by atoms with van der Waals surface area (Å²) in [7, 11) is 0.